The van der Waals surface area contributed by atoms with Crippen molar-refractivity contribution in [3.05, 3.63) is 63.7 Å². The molecule has 29 heavy (non-hydrogen) atoms. The summed E-state index contributed by atoms with van der Waals surface area (Å²) in [5.74, 6) is 0.460. The molecule has 0 spiro atoms. The van der Waals surface area contributed by atoms with Crippen LogP contribution in [0.1, 0.15) is 21.8 Å². The minimum Gasteiger partial charge on any atom is -0.486 e. The summed E-state index contributed by atoms with van der Waals surface area (Å²) < 4.78 is 10.9. The third-order valence-corrected chi connectivity index (χ3v) is 5.35. The van der Waals surface area contributed by atoms with E-state index in [1.54, 1.807) is 4.90 Å². The molecule has 2 atom stereocenters. The summed E-state index contributed by atoms with van der Waals surface area (Å²) >= 11 is 0. The minimum absolute atomic E-state index is 0. The third kappa shape index (κ3) is 3.99. The first kappa shape index (κ1) is 20.9. The zero-order valence-corrected chi connectivity index (χ0v) is 16.5. The van der Waals surface area contributed by atoms with Crippen LogP contribution in [0.3, 0.4) is 0 Å². The van der Waals surface area contributed by atoms with Crippen molar-refractivity contribution in [3.63, 3.8) is 0 Å². The Balaban J connectivity index is 0.00000240. The first-order valence-corrected chi connectivity index (χ1v) is 9.20. The maximum atomic E-state index is 13.2. The van der Waals surface area contributed by atoms with Gasteiger partial charge in [0, 0.05) is 25.1 Å². The number of fused-ring (bicyclic) bond motifs is 1. The summed E-state index contributed by atoms with van der Waals surface area (Å²) in [4.78, 5) is 25.8. The molecule has 0 aliphatic carbocycles. The van der Waals surface area contributed by atoms with Crippen molar-refractivity contribution >= 4 is 24.0 Å². The molecule has 2 aromatic carbocycles. The molecule has 1 amide bonds. The van der Waals surface area contributed by atoms with E-state index < -0.39 is 4.92 Å². The van der Waals surface area contributed by atoms with Crippen LogP contribution in [-0.4, -0.2) is 48.6 Å². The van der Waals surface area contributed by atoms with Gasteiger partial charge in [-0.2, -0.15) is 0 Å². The van der Waals surface area contributed by atoms with E-state index in [1.165, 1.54) is 12.1 Å². The van der Waals surface area contributed by atoms with Gasteiger partial charge in [-0.1, -0.05) is 30.3 Å². The molecule has 2 aromatic rings. The lowest BCUT2D eigenvalue weighted by Crippen LogP contribution is -2.30. The van der Waals surface area contributed by atoms with Gasteiger partial charge in [-0.15, -0.1) is 12.4 Å². The fourth-order valence-electron chi connectivity index (χ4n) is 3.92. The Morgan fingerprint density at radius 1 is 1.14 bits per heavy atom. The van der Waals surface area contributed by atoms with E-state index in [0.29, 0.717) is 38.6 Å². The number of rotatable bonds is 4. The van der Waals surface area contributed by atoms with Gasteiger partial charge in [0.15, 0.2) is 11.5 Å². The van der Waals surface area contributed by atoms with Crippen molar-refractivity contribution < 1.29 is 19.2 Å². The van der Waals surface area contributed by atoms with Gasteiger partial charge in [0.1, 0.15) is 18.8 Å². The average Bonchev–Trinajstić information content (AvgIpc) is 3.17. The topological polar surface area (TPSA) is 108 Å². The molecular formula is C20H22ClN3O5. The maximum Gasteiger partial charge on any atom is 0.286 e. The van der Waals surface area contributed by atoms with E-state index in [0.717, 1.165) is 5.56 Å². The second-order valence-corrected chi connectivity index (χ2v) is 6.99. The Kier molecular flexibility index (Phi) is 6.24. The van der Waals surface area contributed by atoms with Crippen LogP contribution in [0.2, 0.25) is 0 Å². The number of hydrogen-bond acceptors (Lipinski definition) is 6. The molecule has 0 saturated carbocycles. The Hall–Kier alpha value is -2.84. The van der Waals surface area contributed by atoms with Crippen LogP contribution in [0, 0.1) is 16.0 Å². The lowest BCUT2D eigenvalue weighted by Gasteiger charge is -2.21. The number of nitro groups is 1. The van der Waals surface area contributed by atoms with Crippen molar-refractivity contribution in [2.75, 3.05) is 32.8 Å². The number of carbonyl (C=O) groups excluding carboxylic acids is 1. The Labute approximate surface area is 174 Å². The molecule has 0 aromatic heterocycles. The standard InChI is InChI=1S/C20H21N3O5.ClH/c21-10-14-11-22(12-16(14)13-4-2-1-3-5-13)20(24)15-8-18-19(28-7-6-27-18)9-17(15)23(25)26;/h1-5,8-9,14,16H,6-7,10-12,21H2;1H/t14-,16+;/m1./s1. The van der Waals surface area contributed by atoms with Gasteiger partial charge >= 0.3 is 0 Å². The molecule has 2 heterocycles. The molecule has 0 bridgehead atoms. The van der Waals surface area contributed by atoms with Crippen molar-refractivity contribution in [2.24, 2.45) is 11.7 Å². The summed E-state index contributed by atoms with van der Waals surface area (Å²) in [5.41, 5.74) is 6.80. The maximum absolute atomic E-state index is 13.2. The molecule has 1 fully saturated rings. The van der Waals surface area contributed by atoms with E-state index in [9.17, 15) is 14.9 Å². The number of nitrogens with zero attached hydrogens (tertiary/aromatic N) is 2. The van der Waals surface area contributed by atoms with Gasteiger partial charge in [0.25, 0.3) is 11.6 Å². The third-order valence-electron chi connectivity index (χ3n) is 5.35. The number of amides is 1. The average molecular weight is 420 g/mol. The van der Waals surface area contributed by atoms with Crippen LogP contribution in [-0.2, 0) is 0 Å². The van der Waals surface area contributed by atoms with Gasteiger partial charge in [0.05, 0.1) is 11.0 Å². The number of benzene rings is 2. The summed E-state index contributed by atoms with van der Waals surface area (Å²) in [6, 6.07) is 12.6. The fraction of sp³-hybridized carbons (Fsp3) is 0.350. The molecule has 9 heteroatoms. The number of ether oxygens (including phenoxy) is 2. The highest BCUT2D eigenvalue weighted by molar-refractivity contribution is 5.99. The van der Waals surface area contributed by atoms with Crippen LogP contribution in [0.5, 0.6) is 11.5 Å². The second-order valence-electron chi connectivity index (χ2n) is 6.99. The van der Waals surface area contributed by atoms with Crippen LogP contribution >= 0.6 is 12.4 Å². The zero-order chi connectivity index (χ0) is 19.7. The normalized spacial score (nSPS) is 20.1. The zero-order valence-electron chi connectivity index (χ0n) is 15.7. The van der Waals surface area contributed by atoms with E-state index in [4.69, 9.17) is 15.2 Å². The Bertz CT molecular complexity index is 908. The lowest BCUT2D eigenvalue weighted by atomic mass is 9.89. The molecule has 0 radical (unpaired) electrons. The molecular weight excluding hydrogens is 398 g/mol. The van der Waals surface area contributed by atoms with Gasteiger partial charge in [-0.05, 0) is 18.0 Å². The highest BCUT2D eigenvalue weighted by Gasteiger charge is 2.38. The van der Waals surface area contributed by atoms with Crippen LogP contribution in [0.4, 0.5) is 5.69 Å². The summed E-state index contributed by atoms with van der Waals surface area (Å²) in [5, 5.41) is 11.6. The van der Waals surface area contributed by atoms with Gasteiger partial charge in [0.2, 0.25) is 0 Å². The molecule has 2 aliphatic heterocycles. The molecule has 154 valence electrons. The summed E-state index contributed by atoms with van der Waals surface area (Å²) in [6.45, 7) is 2.03. The van der Waals surface area contributed by atoms with E-state index >= 15 is 0 Å². The van der Waals surface area contributed by atoms with E-state index in [-0.39, 0.29) is 47.2 Å². The molecule has 2 N–H and O–H groups in total. The second kappa shape index (κ2) is 8.67. The molecule has 0 unspecified atom stereocenters. The van der Waals surface area contributed by atoms with Crippen molar-refractivity contribution in [1.29, 1.82) is 0 Å². The lowest BCUT2D eigenvalue weighted by molar-refractivity contribution is -0.385. The Morgan fingerprint density at radius 3 is 2.41 bits per heavy atom. The Morgan fingerprint density at radius 2 is 1.79 bits per heavy atom. The smallest absolute Gasteiger partial charge is 0.286 e. The van der Waals surface area contributed by atoms with Gasteiger partial charge < -0.3 is 20.1 Å². The van der Waals surface area contributed by atoms with Crippen molar-refractivity contribution in [3.8, 4) is 11.5 Å². The fourth-order valence-corrected chi connectivity index (χ4v) is 3.92. The van der Waals surface area contributed by atoms with Gasteiger partial charge in [-0.25, -0.2) is 0 Å². The molecule has 8 nitrogen and oxygen atoms in total. The number of nitrogens with two attached hydrogens (primary N) is 1. The highest BCUT2D eigenvalue weighted by Crippen LogP contribution is 2.39. The van der Waals surface area contributed by atoms with E-state index in [1.807, 2.05) is 30.3 Å². The predicted octanol–water partition coefficient (Wildman–Crippen LogP) is 2.60. The molecule has 2 aliphatic rings. The monoisotopic (exact) mass is 419 g/mol. The highest BCUT2D eigenvalue weighted by atomic mass is 35.5. The van der Waals surface area contributed by atoms with Crippen molar-refractivity contribution in [2.45, 2.75) is 5.92 Å². The van der Waals surface area contributed by atoms with Crippen LogP contribution < -0.4 is 15.2 Å². The molecule has 1 saturated heterocycles. The van der Waals surface area contributed by atoms with Crippen LogP contribution in [0.25, 0.3) is 0 Å². The number of carbonyl (C=O) groups is 1. The first-order chi connectivity index (χ1) is 13.6. The minimum atomic E-state index is -0.559. The summed E-state index contributed by atoms with van der Waals surface area (Å²) in [6.07, 6.45) is 0. The first-order valence-electron chi connectivity index (χ1n) is 9.20. The largest absolute Gasteiger partial charge is 0.486 e. The van der Waals surface area contributed by atoms with Crippen molar-refractivity contribution in [1.82, 2.24) is 4.90 Å². The van der Waals surface area contributed by atoms with E-state index in [2.05, 4.69) is 0 Å². The quantitative estimate of drug-likeness (QED) is 0.602. The summed E-state index contributed by atoms with van der Waals surface area (Å²) in [7, 11) is 0. The van der Waals surface area contributed by atoms with Crippen LogP contribution in [0.15, 0.2) is 42.5 Å². The molecule has 4 rings (SSSR count). The predicted molar refractivity (Wildman–Crippen MR) is 109 cm³/mol. The number of halogens is 1. The number of nitro benzene ring substituents is 1. The van der Waals surface area contributed by atoms with Gasteiger partial charge in [-0.3, -0.25) is 14.9 Å². The number of hydrogen-bond donors (Lipinski definition) is 1. The number of likely N-dealkylation sites (tertiary alicyclic amines) is 1. The SMILES string of the molecule is Cl.NC[C@@H]1CN(C(=O)c2cc3c(cc2[N+](=O)[O-])OCCO3)C[C@H]1c1ccccc1.